The van der Waals surface area contributed by atoms with Crippen molar-refractivity contribution < 1.29 is 9.59 Å². The number of hydrogen-bond acceptors (Lipinski definition) is 2. The number of carbonyl (C=O) groups is 2. The van der Waals surface area contributed by atoms with Gasteiger partial charge in [-0.25, -0.2) is 0 Å². The van der Waals surface area contributed by atoms with E-state index in [-0.39, 0.29) is 17.7 Å². The molecule has 28 heavy (non-hydrogen) atoms. The summed E-state index contributed by atoms with van der Waals surface area (Å²) < 4.78 is 1.02. The number of anilines is 1. The maximum absolute atomic E-state index is 13.2. The zero-order valence-electron chi connectivity index (χ0n) is 15.8. The van der Waals surface area contributed by atoms with Crippen LogP contribution in [0, 0.1) is 5.92 Å². The molecule has 2 aliphatic rings. The van der Waals surface area contributed by atoms with Crippen LogP contribution in [0.4, 0.5) is 5.69 Å². The maximum atomic E-state index is 13.2. The Balaban J connectivity index is 1.44. The van der Waals surface area contributed by atoms with E-state index in [1.807, 2.05) is 36.4 Å². The van der Waals surface area contributed by atoms with Gasteiger partial charge < -0.3 is 10.6 Å². The minimum atomic E-state index is -0.432. The Kier molecular flexibility index (Phi) is 5.54. The molecule has 2 saturated carbocycles. The zero-order chi connectivity index (χ0) is 19.6. The second-order valence-corrected chi connectivity index (χ2v) is 8.86. The Hall–Kier alpha value is -2.14. The molecule has 0 unspecified atom stereocenters. The molecule has 0 saturated heterocycles. The van der Waals surface area contributed by atoms with Crippen molar-refractivity contribution in [3.05, 3.63) is 64.1 Å². The van der Waals surface area contributed by atoms with E-state index >= 15 is 0 Å². The fourth-order valence-corrected chi connectivity index (χ4v) is 4.36. The van der Waals surface area contributed by atoms with E-state index in [9.17, 15) is 9.59 Å². The number of rotatable bonds is 6. The van der Waals surface area contributed by atoms with Gasteiger partial charge in [0, 0.05) is 22.6 Å². The Morgan fingerprint density at radius 1 is 1.04 bits per heavy atom. The molecular formula is C23H25BrN2O2. The molecule has 146 valence electrons. The summed E-state index contributed by atoms with van der Waals surface area (Å²) in [6.45, 7) is 0.463. The van der Waals surface area contributed by atoms with E-state index in [1.165, 1.54) is 0 Å². The summed E-state index contributed by atoms with van der Waals surface area (Å²) in [5, 5.41) is 6.12. The summed E-state index contributed by atoms with van der Waals surface area (Å²) in [4.78, 5) is 25.2. The van der Waals surface area contributed by atoms with Crippen LogP contribution >= 0.6 is 15.9 Å². The number of nitrogens with one attached hydrogen (secondary N) is 2. The molecule has 2 N–H and O–H groups in total. The topological polar surface area (TPSA) is 58.2 Å². The second kappa shape index (κ2) is 8.08. The van der Waals surface area contributed by atoms with Gasteiger partial charge in [-0.05, 0) is 61.1 Å². The second-order valence-electron chi connectivity index (χ2n) is 7.94. The van der Waals surface area contributed by atoms with Crippen molar-refractivity contribution in [3.63, 3.8) is 0 Å². The predicted octanol–water partition coefficient (Wildman–Crippen LogP) is 4.93. The monoisotopic (exact) mass is 440 g/mol. The molecule has 0 spiro atoms. The molecule has 2 fully saturated rings. The number of amides is 2. The van der Waals surface area contributed by atoms with Gasteiger partial charge in [0.05, 0.1) is 5.41 Å². The van der Waals surface area contributed by atoms with Crippen molar-refractivity contribution in [1.29, 1.82) is 0 Å². The van der Waals surface area contributed by atoms with Crippen LogP contribution in [0.2, 0.25) is 0 Å². The van der Waals surface area contributed by atoms with Crippen molar-refractivity contribution in [3.8, 4) is 0 Å². The Bertz CT molecular complexity index is 868. The zero-order valence-corrected chi connectivity index (χ0v) is 17.4. The van der Waals surface area contributed by atoms with Gasteiger partial charge in [0.15, 0.2) is 0 Å². The molecule has 5 heteroatoms. The molecule has 2 aliphatic carbocycles. The lowest BCUT2D eigenvalue weighted by Crippen LogP contribution is -2.42. The first-order valence-corrected chi connectivity index (χ1v) is 10.8. The largest absolute Gasteiger partial charge is 0.351 e. The molecule has 0 radical (unpaired) electrons. The average molecular weight is 441 g/mol. The third kappa shape index (κ3) is 4.14. The van der Waals surface area contributed by atoms with E-state index in [1.54, 1.807) is 0 Å². The molecule has 0 aliphatic heterocycles. The summed E-state index contributed by atoms with van der Waals surface area (Å²) in [6.07, 6.45) is 5.90. The van der Waals surface area contributed by atoms with Crippen LogP contribution in [0.15, 0.2) is 53.0 Å². The first-order chi connectivity index (χ1) is 13.6. The van der Waals surface area contributed by atoms with Crippen molar-refractivity contribution in [2.45, 2.75) is 50.5 Å². The lowest BCUT2D eigenvalue weighted by atomic mass is 9.78. The minimum Gasteiger partial charge on any atom is -0.351 e. The Labute approximate surface area is 174 Å². The fraction of sp³-hybridized carbons (Fsp3) is 0.391. The van der Waals surface area contributed by atoms with Gasteiger partial charge >= 0.3 is 0 Å². The van der Waals surface area contributed by atoms with Crippen molar-refractivity contribution in [1.82, 2.24) is 5.32 Å². The summed E-state index contributed by atoms with van der Waals surface area (Å²) in [5.74, 6) is 0.373. The van der Waals surface area contributed by atoms with Crippen LogP contribution in [-0.4, -0.2) is 11.8 Å². The highest BCUT2D eigenvalue weighted by atomic mass is 79.9. The summed E-state index contributed by atoms with van der Waals surface area (Å²) in [5.41, 5.74) is 2.45. The quantitative estimate of drug-likeness (QED) is 0.668. The normalized spacial score (nSPS) is 17.9. The number of hydrogen-bond donors (Lipinski definition) is 2. The first-order valence-electron chi connectivity index (χ1n) is 10.0. The van der Waals surface area contributed by atoms with Crippen LogP contribution < -0.4 is 10.6 Å². The van der Waals surface area contributed by atoms with E-state index in [2.05, 4.69) is 38.7 Å². The van der Waals surface area contributed by atoms with Crippen molar-refractivity contribution in [2.24, 2.45) is 5.92 Å². The average Bonchev–Trinajstić information content (AvgIpc) is 3.44. The molecular weight excluding hydrogens is 416 g/mol. The van der Waals surface area contributed by atoms with Gasteiger partial charge in [0.25, 0.3) is 0 Å². The predicted molar refractivity (Wildman–Crippen MR) is 114 cm³/mol. The molecule has 0 atom stereocenters. The van der Waals surface area contributed by atoms with Gasteiger partial charge in [-0.15, -0.1) is 0 Å². The van der Waals surface area contributed by atoms with Crippen molar-refractivity contribution in [2.75, 3.05) is 5.32 Å². The highest BCUT2D eigenvalue weighted by Gasteiger charge is 2.42. The van der Waals surface area contributed by atoms with Crippen LogP contribution in [0.25, 0.3) is 0 Å². The number of benzene rings is 2. The lowest BCUT2D eigenvalue weighted by molar-refractivity contribution is -0.126. The molecule has 2 aromatic carbocycles. The Morgan fingerprint density at radius 2 is 1.75 bits per heavy atom. The Morgan fingerprint density at radius 3 is 2.43 bits per heavy atom. The molecule has 0 aromatic heterocycles. The third-order valence-corrected chi connectivity index (χ3v) is 6.41. The summed E-state index contributed by atoms with van der Waals surface area (Å²) in [6, 6.07) is 15.9. The smallest absolute Gasteiger partial charge is 0.230 e. The first kappa shape index (κ1) is 19.2. The standard InChI is InChI=1S/C23H25BrN2O2/c24-19-10-8-18(9-11-19)23(12-1-2-13-23)22(28)25-15-16-4-3-5-20(14-16)26-21(27)17-6-7-17/h3-5,8-11,14,17H,1-2,6-7,12-13,15H2,(H,25,28)(H,26,27). The molecule has 0 bridgehead atoms. The molecule has 2 aromatic rings. The van der Waals surface area contributed by atoms with Gasteiger partial charge in [0.1, 0.15) is 0 Å². The SMILES string of the molecule is O=C(Nc1cccc(CNC(=O)C2(c3ccc(Br)cc3)CCCC2)c1)C1CC1. The van der Waals surface area contributed by atoms with Gasteiger partial charge in [0.2, 0.25) is 11.8 Å². The molecule has 4 nitrogen and oxygen atoms in total. The van der Waals surface area contributed by atoms with Crippen LogP contribution in [0.3, 0.4) is 0 Å². The lowest BCUT2D eigenvalue weighted by Gasteiger charge is -2.28. The highest BCUT2D eigenvalue weighted by Crippen LogP contribution is 2.41. The van der Waals surface area contributed by atoms with E-state index < -0.39 is 5.41 Å². The summed E-state index contributed by atoms with van der Waals surface area (Å²) in [7, 11) is 0. The van der Waals surface area contributed by atoms with Gasteiger partial charge in [-0.3, -0.25) is 9.59 Å². The van der Waals surface area contributed by atoms with Gasteiger partial charge in [-0.2, -0.15) is 0 Å². The van der Waals surface area contributed by atoms with Crippen LogP contribution in [-0.2, 0) is 21.5 Å². The van der Waals surface area contributed by atoms with E-state index in [4.69, 9.17) is 0 Å². The molecule has 0 heterocycles. The van der Waals surface area contributed by atoms with Crippen LogP contribution in [0.1, 0.15) is 49.7 Å². The molecule has 4 rings (SSSR count). The molecule has 2 amide bonds. The van der Waals surface area contributed by atoms with E-state index in [0.29, 0.717) is 6.54 Å². The van der Waals surface area contributed by atoms with Gasteiger partial charge in [-0.1, -0.05) is 53.0 Å². The third-order valence-electron chi connectivity index (χ3n) is 5.88. The van der Waals surface area contributed by atoms with Crippen molar-refractivity contribution >= 4 is 33.4 Å². The highest BCUT2D eigenvalue weighted by molar-refractivity contribution is 9.10. The minimum absolute atomic E-state index is 0.0970. The van der Waals surface area contributed by atoms with E-state index in [0.717, 1.165) is 59.8 Å². The summed E-state index contributed by atoms with van der Waals surface area (Å²) >= 11 is 3.48. The number of halogens is 1. The van der Waals surface area contributed by atoms with Crippen LogP contribution in [0.5, 0.6) is 0 Å². The number of carbonyl (C=O) groups excluding carboxylic acids is 2. The maximum Gasteiger partial charge on any atom is 0.230 e. The fourth-order valence-electron chi connectivity index (χ4n) is 4.09.